The summed E-state index contributed by atoms with van der Waals surface area (Å²) in [6, 6.07) is 3.65. The van der Waals surface area contributed by atoms with Crippen molar-refractivity contribution in [1.82, 2.24) is 4.98 Å². The molecule has 0 bridgehead atoms. The topological polar surface area (TPSA) is 32.9 Å². The lowest BCUT2D eigenvalue weighted by Crippen LogP contribution is -1.98. The number of Topliss-reactive ketones (excluding diaryl/α,β-unsaturated/α-hetero) is 1. The molecule has 1 aliphatic rings. The molecule has 4 heteroatoms. The van der Waals surface area contributed by atoms with Crippen molar-refractivity contribution >= 4 is 39.9 Å². The van der Waals surface area contributed by atoms with E-state index in [2.05, 4.69) is 4.98 Å². The Hall–Kier alpha value is -0.990. The fourth-order valence-corrected chi connectivity index (χ4v) is 2.78. The molecule has 0 aliphatic heterocycles. The molecule has 2 aromatic rings. The highest BCUT2D eigenvalue weighted by Gasteiger charge is 2.20. The van der Waals surface area contributed by atoms with Crippen molar-refractivity contribution in [1.29, 1.82) is 0 Å². The van der Waals surface area contributed by atoms with Gasteiger partial charge in [-0.3, -0.25) is 4.79 Å². The van der Waals surface area contributed by atoms with Crippen molar-refractivity contribution in [2.24, 2.45) is 0 Å². The zero-order valence-corrected chi connectivity index (χ0v) is 10.7. The number of ketones is 1. The molecular formula is C13H11Cl2NO. The van der Waals surface area contributed by atoms with Gasteiger partial charge in [0.05, 0.1) is 15.7 Å². The van der Waals surface area contributed by atoms with Gasteiger partial charge in [-0.25, -0.2) is 0 Å². The lowest BCUT2D eigenvalue weighted by molar-refractivity contribution is 0.0978. The minimum absolute atomic E-state index is 0.195. The second kappa shape index (κ2) is 4.04. The van der Waals surface area contributed by atoms with Crippen LogP contribution in [0.5, 0.6) is 0 Å². The van der Waals surface area contributed by atoms with Crippen LogP contribution in [0.2, 0.25) is 10.0 Å². The maximum atomic E-state index is 11.9. The van der Waals surface area contributed by atoms with Crippen LogP contribution in [0.4, 0.5) is 0 Å². The number of rotatable bonds is 0. The molecule has 0 unspecified atom stereocenters. The van der Waals surface area contributed by atoms with Gasteiger partial charge in [0.15, 0.2) is 5.78 Å². The first-order valence-corrected chi connectivity index (χ1v) is 6.45. The molecule has 0 spiro atoms. The molecule has 0 atom stereocenters. The van der Waals surface area contributed by atoms with Crippen LogP contribution in [-0.2, 0) is 6.42 Å². The lowest BCUT2D eigenvalue weighted by Gasteiger charge is -1.99. The van der Waals surface area contributed by atoms with Crippen molar-refractivity contribution in [3.63, 3.8) is 0 Å². The first-order chi connectivity index (χ1) is 8.16. The third-order valence-electron chi connectivity index (χ3n) is 3.31. The summed E-state index contributed by atoms with van der Waals surface area (Å²) in [5.41, 5.74) is 2.75. The molecule has 2 nitrogen and oxygen atoms in total. The van der Waals surface area contributed by atoms with Crippen LogP contribution >= 0.6 is 23.2 Å². The summed E-state index contributed by atoms with van der Waals surface area (Å²) in [5, 5.41) is 2.09. The van der Waals surface area contributed by atoms with E-state index in [1.54, 1.807) is 6.07 Å². The summed E-state index contributed by atoms with van der Waals surface area (Å²) < 4.78 is 0. The van der Waals surface area contributed by atoms with Gasteiger partial charge in [0.1, 0.15) is 0 Å². The Kier molecular flexibility index (Phi) is 2.64. The number of carbonyl (C=O) groups excluding carboxylic acids is 1. The van der Waals surface area contributed by atoms with E-state index < -0.39 is 0 Å². The number of aromatic nitrogens is 1. The summed E-state index contributed by atoms with van der Waals surface area (Å²) in [6.45, 7) is 0. The summed E-state index contributed by atoms with van der Waals surface area (Å²) in [6.07, 6.45) is 3.57. The van der Waals surface area contributed by atoms with Crippen LogP contribution in [0.15, 0.2) is 12.1 Å². The average Bonchev–Trinajstić information content (AvgIpc) is 2.53. The first-order valence-electron chi connectivity index (χ1n) is 5.69. The molecule has 3 rings (SSSR count). The number of nitrogens with one attached hydrogen (secondary N) is 1. The number of carbonyl (C=O) groups is 1. The van der Waals surface area contributed by atoms with Gasteiger partial charge in [0, 0.05) is 17.3 Å². The highest BCUT2D eigenvalue weighted by atomic mass is 35.5. The fraction of sp³-hybridized carbons (Fsp3) is 0.308. The van der Waals surface area contributed by atoms with Crippen molar-refractivity contribution in [2.75, 3.05) is 0 Å². The Balaban J connectivity index is 2.31. The zero-order valence-electron chi connectivity index (χ0n) is 9.15. The van der Waals surface area contributed by atoms with Crippen LogP contribution in [0, 0.1) is 0 Å². The highest BCUT2D eigenvalue weighted by Crippen LogP contribution is 2.33. The minimum atomic E-state index is 0.195. The van der Waals surface area contributed by atoms with E-state index in [1.165, 1.54) is 0 Å². The number of halogens is 2. The smallest absolute Gasteiger partial charge is 0.179 e. The molecule has 1 aliphatic carbocycles. The van der Waals surface area contributed by atoms with Gasteiger partial charge >= 0.3 is 0 Å². The molecule has 0 amide bonds. The predicted octanol–water partition coefficient (Wildman–Crippen LogP) is 4.38. The predicted molar refractivity (Wildman–Crippen MR) is 70.2 cm³/mol. The molecule has 0 radical (unpaired) electrons. The SMILES string of the molecule is O=C1CCCCc2c1[nH]c1cc(Cl)c(Cl)cc21. The maximum absolute atomic E-state index is 11.9. The number of H-pyrrole nitrogens is 1. The molecule has 88 valence electrons. The highest BCUT2D eigenvalue weighted by molar-refractivity contribution is 6.42. The normalized spacial score (nSPS) is 16.0. The third-order valence-corrected chi connectivity index (χ3v) is 4.03. The van der Waals surface area contributed by atoms with Crippen LogP contribution < -0.4 is 0 Å². The van der Waals surface area contributed by atoms with Crippen LogP contribution in [-0.4, -0.2) is 10.8 Å². The van der Waals surface area contributed by atoms with Gasteiger partial charge in [0.2, 0.25) is 0 Å². The number of hydrogen-bond acceptors (Lipinski definition) is 1. The number of aromatic amines is 1. The number of aryl methyl sites for hydroxylation is 1. The van der Waals surface area contributed by atoms with E-state index in [1.807, 2.05) is 6.07 Å². The Morgan fingerprint density at radius 3 is 2.59 bits per heavy atom. The van der Waals surface area contributed by atoms with E-state index in [9.17, 15) is 4.79 Å². The van der Waals surface area contributed by atoms with Crippen LogP contribution in [0.3, 0.4) is 0 Å². The molecule has 17 heavy (non-hydrogen) atoms. The van der Waals surface area contributed by atoms with Crippen LogP contribution in [0.25, 0.3) is 10.9 Å². The number of hydrogen-bond donors (Lipinski definition) is 1. The molecule has 1 aromatic carbocycles. The van der Waals surface area contributed by atoms with Gasteiger partial charge in [-0.1, -0.05) is 23.2 Å². The van der Waals surface area contributed by atoms with Gasteiger partial charge in [0.25, 0.3) is 0 Å². The van der Waals surface area contributed by atoms with E-state index in [4.69, 9.17) is 23.2 Å². The van der Waals surface area contributed by atoms with E-state index in [0.29, 0.717) is 16.5 Å². The fourth-order valence-electron chi connectivity index (χ4n) is 2.45. The Labute approximate surface area is 109 Å². The Morgan fingerprint density at radius 2 is 1.76 bits per heavy atom. The molecule has 1 N–H and O–H groups in total. The summed E-state index contributed by atoms with van der Waals surface area (Å²) in [4.78, 5) is 15.1. The summed E-state index contributed by atoms with van der Waals surface area (Å²) >= 11 is 12.0. The monoisotopic (exact) mass is 267 g/mol. The van der Waals surface area contributed by atoms with Gasteiger partial charge in [-0.15, -0.1) is 0 Å². The minimum Gasteiger partial charge on any atom is -0.352 e. The first kappa shape index (κ1) is 11.1. The van der Waals surface area contributed by atoms with E-state index in [-0.39, 0.29) is 5.78 Å². The molecule has 0 fully saturated rings. The Morgan fingerprint density at radius 1 is 1.06 bits per heavy atom. The van der Waals surface area contributed by atoms with Crippen molar-refractivity contribution in [3.05, 3.63) is 33.4 Å². The molecule has 1 aromatic heterocycles. The van der Waals surface area contributed by atoms with Gasteiger partial charge < -0.3 is 4.98 Å². The number of benzene rings is 1. The van der Waals surface area contributed by atoms with Gasteiger partial charge in [-0.2, -0.15) is 0 Å². The third kappa shape index (κ3) is 1.76. The Bertz CT molecular complexity index is 615. The number of fused-ring (bicyclic) bond motifs is 3. The maximum Gasteiger partial charge on any atom is 0.179 e. The van der Waals surface area contributed by atoms with Crippen LogP contribution in [0.1, 0.15) is 35.3 Å². The summed E-state index contributed by atoms with van der Waals surface area (Å²) in [5.74, 6) is 0.195. The molecule has 1 heterocycles. The molecule has 0 saturated heterocycles. The van der Waals surface area contributed by atoms with E-state index >= 15 is 0 Å². The summed E-state index contributed by atoms with van der Waals surface area (Å²) in [7, 11) is 0. The lowest BCUT2D eigenvalue weighted by atomic mass is 10.1. The molecule has 0 saturated carbocycles. The molecular weight excluding hydrogens is 257 g/mol. The second-order valence-electron chi connectivity index (χ2n) is 4.42. The quantitative estimate of drug-likeness (QED) is 0.706. The van der Waals surface area contributed by atoms with Crippen molar-refractivity contribution < 1.29 is 4.79 Å². The average molecular weight is 268 g/mol. The van der Waals surface area contributed by atoms with Crippen molar-refractivity contribution in [3.8, 4) is 0 Å². The standard InChI is InChI=1S/C13H11Cl2NO/c14-9-5-8-7-3-1-2-4-12(17)13(7)16-11(8)6-10(9)15/h5-6,16H,1-4H2. The van der Waals surface area contributed by atoms with Gasteiger partial charge in [-0.05, 0) is 37.0 Å². The zero-order chi connectivity index (χ0) is 12.0. The second-order valence-corrected chi connectivity index (χ2v) is 5.24. The largest absolute Gasteiger partial charge is 0.352 e. The van der Waals surface area contributed by atoms with Crippen molar-refractivity contribution in [2.45, 2.75) is 25.7 Å². The van der Waals surface area contributed by atoms with E-state index in [0.717, 1.165) is 41.4 Å².